The zero-order valence-electron chi connectivity index (χ0n) is 7.15. The van der Waals surface area contributed by atoms with E-state index < -0.39 is 6.30 Å². The van der Waals surface area contributed by atoms with E-state index in [1.54, 1.807) is 0 Å². The molecule has 15 heavy (non-hydrogen) atoms. The molecule has 0 atom stereocenters. The first-order chi connectivity index (χ1) is 6.88. The summed E-state index contributed by atoms with van der Waals surface area (Å²) in [4.78, 5) is 7.59. The van der Waals surface area contributed by atoms with Crippen molar-refractivity contribution in [3.05, 3.63) is 21.7 Å². The van der Waals surface area contributed by atoms with Crippen molar-refractivity contribution in [1.29, 1.82) is 0 Å². The third-order valence-electron chi connectivity index (χ3n) is 2.06. The first-order valence-corrected chi connectivity index (χ1v) is 4.66. The van der Waals surface area contributed by atoms with E-state index in [9.17, 15) is 13.2 Å². The van der Waals surface area contributed by atoms with Gasteiger partial charge in [0.25, 0.3) is 0 Å². The van der Waals surface area contributed by atoms with Gasteiger partial charge >= 0.3 is 6.30 Å². The van der Waals surface area contributed by atoms with E-state index in [4.69, 9.17) is 23.2 Å². The minimum absolute atomic E-state index is 0.0169. The number of hydrogen-bond donors (Lipinski definition) is 0. The van der Waals surface area contributed by atoms with Gasteiger partial charge in [-0.3, -0.25) is 0 Å². The zero-order chi connectivity index (χ0) is 11.2. The summed E-state index contributed by atoms with van der Waals surface area (Å²) < 4.78 is 37.1. The predicted octanol–water partition coefficient (Wildman–Crippen LogP) is 2.62. The van der Waals surface area contributed by atoms with Gasteiger partial charge in [-0.05, 0) is 11.6 Å². The van der Waals surface area contributed by atoms with Gasteiger partial charge in [-0.15, -0.1) is 0 Å². The molecule has 1 aromatic rings. The van der Waals surface area contributed by atoms with Crippen LogP contribution in [0.15, 0.2) is 0 Å². The Kier molecular flexibility index (Phi) is 2.52. The summed E-state index contributed by atoms with van der Waals surface area (Å²) in [5.74, 6) is 0. The van der Waals surface area contributed by atoms with Crippen LogP contribution < -0.4 is 0 Å². The van der Waals surface area contributed by atoms with Gasteiger partial charge in [-0.25, -0.2) is 14.9 Å². The average molecular weight is 258 g/mol. The molecule has 8 heteroatoms. The fourth-order valence-electron chi connectivity index (χ4n) is 1.37. The highest BCUT2D eigenvalue weighted by Gasteiger charge is 2.42. The molecule has 2 heterocycles. The zero-order valence-corrected chi connectivity index (χ0v) is 8.66. The molecule has 1 aliphatic heterocycles. The Morgan fingerprint density at radius 1 is 1.13 bits per heavy atom. The largest absolute Gasteiger partial charge is 0.460 e. The summed E-state index contributed by atoms with van der Waals surface area (Å²) >= 11 is 11.1. The summed E-state index contributed by atoms with van der Waals surface area (Å²) in [7, 11) is 0. The fraction of sp³-hybridized carbons (Fsp3) is 0.429. The van der Waals surface area contributed by atoms with Crippen molar-refractivity contribution in [1.82, 2.24) is 14.9 Å². The molecule has 0 fully saturated rings. The van der Waals surface area contributed by atoms with Crippen LogP contribution in [0, 0.1) is 0 Å². The Morgan fingerprint density at radius 2 is 1.80 bits per heavy atom. The Labute approximate surface area is 92.8 Å². The normalized spacial score (nSPS) is 16.9. The average Bonchev–Trinajstić information content (AvgIpc) is 2.46. The lowest BCUT2D eigenvalue weighted by Gasteiger charge is -2.17. The minimum Gasteiger partial charge on any atom is -0.221 e. The van der Waals surface area contributed by atoms with Crippen LogP contribution in [0.1, 0.15) is 11.3 Å². The third kappa shape index (κ3) is 2.02. The third-order valence-corrected chi connectivity index (χ3v) is 2.54. The molecule has 0 N–H and O–H groups in total. The molecule has 0 aromatic carbocycles. The molecule has 0 aliphatic carbocycles. The van der Waals surface area contributed by atoms with Gasteiger partial charge in [-0.1, -0.05) is 11.6 Å². The van der Waals surface area contributed by atoms with E-state index in [0.717, 1.165) is 0 Å². The van der Waals surface area contributed by atoms with Gasteiger partial charge in [0, 0.05) is 18.7 Å². The van der Waals surface area contributed by atoms with E-state index in [1.165, 1.54) is 0 Å². The molecule has 0 saturated carbocycles. The number of fused-ring (bicyclic) bond motifs is 1. The van der Waals surface area contributed by atoms with Crippen LogP contribution in [-0.4, -0.2) is 21.2 Å². The van der Waals surface area contributed by atoms with Crippen LogP contribution in [0.5, 0.6) is 0 Å². The van der Waals surface area contributed by atoms with Gasteiger partial charge in [-0.2, -0.15) is 13.2 Å². The Balaban J connectivity index is 2.35. The Morgan fingerprint density at radius 3 is 2.40 bits per heavy atom. The highest BCUT2D eigenvalue weighted by Crippen LogP contribution is 2.34. The minimum atomic E-state index is -4.39. The van der Waals surface area contributed by atoms with Gasteiger partial charge in [0.15, 0.2) is 0 Å². The van der Waals surface area contributed by atoms with Crippen LogP contribution in [0.4, 0.5) is 13.2 Å². The van der Waals surface area contributed by atoms with Crippen molar-refractivity contribution >= 4 is 23.2 Å². The second kappa shape index (κ2) is 3.47. The van der Waals surface area contributed by atoms with Crippen molar-refractivity contribution in [3.8, 4) is 0 Å². The van der Waals surface area contributed by atoms with E-state index in [1.807, 2.05) is 0 Å². The van der Waals surface area contributed by atoms with Crippen molar-refractivity contribution in [3.63, 3.8) is 0 Å². The topological polar surface area (TPSA) is 29.0 Å². The molecule has 1 aromatic heterocycles. The molecular weight excluding hydrogens is 254 g/mol. The highest BCUT2D eigenvalue weighted by atomic mass is 35.5. The molecule has 2 rings (SSSR count). The number of nitrogens with zero attached hydrogens (tertiary/aromatic N) is 3. The molecule has 0 bridgehead atoms. The standard InChI is InChI=1S/C7H4Cl2F3N3/c8-5-3-1-15(7(10,11)12)2-4(3)13-6(9)14-5/h1-2H2. The van der Waals surface area contributed by atoms with Crippen molar-refractivity contribution in [2.45, 2.75) is 19.4 Å². The van der Waals surface area contributed by atoms with Gasteiger partial charge < -0.3 is 0 Å². The van der Waals surface area contributed by atoms with Gasteiger partial charge in [0.05, 0.1) is 5.69 Å². The lowest BCUT2D eigenvalue weighted by molar-refractivity contribution is -0.249. The Hall–Kier alpha value is -0.590. The van der Waals surface area contributed by atoms with Crippen LogP contribution in [0.2, 0.25) is 10.4 Å². The highest BCUT2D eigenvalue weighted by molar-refractivity contribution is 6.32. The first kappa shape index (κ1) is 10.9. The quantitative estimate of drug-likeness (QED) is 0.407. The lowest BCUT2D eigenvalue weighted by Crippen LogP contribution is -2.32. The van der Waals surface area contributed by atoms with E-state index in [2.05, 4.69) is 9.97 Å². The molecule has 0 unspecified atom stereocenters. The number of alkyl halides is 3. The molecule has 0 spiro atoms. The number of halogens is 5. The van der Waals surface area contributed by atoms with E-state index in [0.29, 0.717) is 10.5 Å². The summed E-state index contributed by atoms with van der Waals surface area (Å²) in [5.41, 5.74) is 0.524. The maximum absolute atomic E-state index is 12.4. The second-order valence-corrected chi connectivity index (χ2v) is 3.73. The smallest absolute Gasteiger partial charge is 0.221 e. The molecule has 0 radical (unpaired) electrons. The summed E-state index contributed by atoms with van der Waals surface area (Å²) in [5, 5.41) is -0.153. The van der Waals surface area contributed by atoms with Gasteiger partial charge in [0.1, 0.15) is 5.15 Å². The molecule has 0 saturated heterocycles. The SMILES string of the molecule is FC(F)(F)N1Cc2nc(Cl)nc(Cl)c2C1. The van der Waals surface area contributed by atoms with Crippen molar-refractivity contribution in [2.75, 3.05) is 0 Å². The van der Waals surface area contributed by atoms with Crippen LogP contribution in [0.3, 0.4) is 0 Å². The predicted molar refractivity (Wildman–Crippen MR) is 47.4 cm³/mol. The van der Waals surface area contributed by atoms with Crippen molar-refractivity contribution in [2.24, 2.45) is 0 Å². The monoisotopic (exact) mass is 257 g/mol. The van der Waals surface area contributed by atoms with Crippen molar-refractivity contribution < 1.29 is 13.2 Å². The lowest BCUT2D eigenvalue weighted by atomic mass is 10.3. The Bertz CT molecular complexity index is 407. The number of aromatic nitrogens is 2. The fourth-order valence-corrected chi connectivity index (χ4v) is 1.84. The first-order valence-electron chi connectivity index (χ1n) is 3.90. The molecule has 0 amide bonds. The van der Waals surface area contributed by atoms with E-state index >= 15 is 0 Å². The van der Waals surface area contributed by atoms with Crippen LogP contribution in [-0.2, 0) is 13.1 Å². The second-order valence-electron chi connectivity index (χ2n) is 3.03. The summed E-state index contributed by atoms with van der Waals surface area (Å²) in [6.45, 7) is -0.657. The maximum atomic E-state index is 12.4. The summed E-state index contributed by atoms with van der Waals surface area (Å²) in [6.07, 6.45) is -4.39. The number of rotatable bonds is 0. The summed E-state index contributed by atoms with van der Waals surface area (Å²) in [6, 6.07) is 0. The number of hydrogen-bond acceptors (Lipinski definition) is 3. The van der Waals surface area contributed by atoms with Gasteiger partial charge in [0.2, 0.25) is 5.28 Å². The van der Waals surface area contributed by atoms with Crippen LogP contribution in [0.25, 0.3) is 0 Å². The van der Waals surface area contributed by atoms with E-state index in [-0.39, 0.29) is 29.2 Å². The molecule has 1 aliphatic rings. The maximum Gasteiger partial charge on any atom is 0.460 e. The molecule has 3 nitrogen and oxygen atoms in total. The molecule has 82 valence electrons. The molecular formula is C7H4Cl2F3N3. The van der Waals surface area contributed by atoms with Crippen LogP contribution >= 0.6 is 23.2 Å².